The van der Waals surface area contributed by atoms with E-state index >= 15 is 0 Å². The van der Waals surface area contributed by atoms with E-state index in [-0.39, 0.29) is 11.8 Å². The van der Waals surface area contributed by atoms with Crippen molar-refractivity contribution in [2.24, 2.45) is 0 Å². The van der Waals surface area contributed by atoms with E-state index in [4.69, 9.17) is 0 Å². The predicted molar refractivity (Wildman–Crippen MR) is 75.1 cm³/mol. The molecule has 18 heavy (non-hydrogen) atoms. The highest BCUT2D eigenvalue weighted by Crippen LogP contribution is 2.33. The van der Waals surface area contributed by atoms with Gasteiger partial charge in [-0.1, -0.05) is 0 Å². The molecule has 0 aliphatic heterocycles. The zero-order chi connectivity index (χ0) is 13.1. The molecule has 96 valence electrons. The molecule has 0 aliphatic carbocycles. The van der Waals surface area contributed by atoms with Crippen LogP contribution in [0.4, 0.5) is 0 Å². The lowest BCUT2D eigenvalue weighted by molar-refractivity contribution is 0.467. The van der Waals surface area contributed by atoms with Crippen molar-refractivity contribution >= 4 is 31.9 Å². The van der Waals surface area contributed by atoms with E-state index < -0.39 is 0 Å². The van der Waals surface area contributed by atoms with Crippen molar-refractivity contribution < 1.29 is 5.11 Å². The quantitative estimate of drug-likeness (QED) is 0.768. The van der Waals surface area contributed by atoms with E-state index in [0.717, 1.165) is 11.4 Å². The number of nitrogens with one attached hydrogen (secondary N) is 2. The summed E-state index contributed by atoms with van der Waals surface area (Å²) in [5, 5.41) is 19.6. The van der Waals surface area contributed by atoms with Crippen molar-refractivity contribution in [1.82, 2.24) is 20.5 Å². The van der Waals surface area contributed by atoms with Gasteiger partial charge in [-0.2, -0.15) is 5.10 Å². The Hall–Kier alpha value is -0.920. The lowest BCUT2D eigenvalue weighted by Crippen LogP contribution is -2.19. The number of H-pyrrole nitrogens is 1. The summed E-state index contributed by atoms with van der Waals surface area (Å²) in [6.45, 7) is 2.67. The Morgan fingerprint density at radius 2 is 2.06 bits per heavy atom. The third-order valence-electron chi connectivity index (χ3n) is 2.53. The molecular formula is C11H12Br2N4O. The number of rotatable bonds is 4. The molecule has 1 heterocycles. The van der Waals surface area contributed by atoms with Gasteiger partial charge >= 0.3 is 0 Å². The molecule has 1 aromatic carbocycles. The summed E-state index contributed by atoms with van der Waals surface area (Å²) < 4.78 is 1.34. The first-order valence-corrected chi connectivity index (χ1v) is 6.92. The molecule has 2 rings (SSSR count). The van der Waals surface area contributed by atoms with Crippen LogP contribution >= 0.6 is 31.9 Å². The van der Waals surface area contributed by atoms with Gasteiger partial charge in [-0.15, -0.1) is 0 Å². The van der Waals surface area contributed by atoms with E-state index in [1.165, 1.54) is 6.33 Å². The molecule has 0 saturated carbocycles. The zero-order valence-corrected chi connectivity index (χ0v) is 12.8. The minimum atomic E-state index is 0.0823. The van der Waals surface area contributed by atoms with Gasteiger partial charge in [0.25, 0.3) is 0 Å². The molecule has 2 aromatic rings. The maximum Gasteiger partial charge on any atom is 0.143 e. The second kappa shape index (κ2) is 5.81. The van der Waals surface area contributed by atoms with Gasteiger partial charge in [0.05, 0.1) is 15.0 Å². The van der Waals surface area contributed by atoms with Crippen LogP contribution in [0, 0.1) is 0 Å². The summed E-state index contributed by atoms with van der Waals surface area (Å²) in [6, 6.07) is 3.83. The molecule has 7 heteroatoms. The van der Waals surface area contributed by atoms with E-state index in [0.29, 0.717) is 15.5 Å². The van der Waals surface area contributed by atoms with E-state index in [1.807, 2.05) is 19.1 Å². The Labute approximate surface area is 121 Å². The second-order valence-corrected chi connectivity index (χ2v) is 5.59. The molecule has 1 atom stereocenters. The maximum atomic E-state index is 9.62. The molecule has 0 saturated heterocycles. The Balaban J connectivity index is 2.02. The van der Waals surface area contributed by atoms with E-state index in [1.54, 1.807) is 0 Å². The van der Waals surface area contributed by atoms with Crippen LogP contribution in [-0.4, -0.2) is 20.3 Å². The number of benzene rings is 1. The number of aromatic hydroxyl groups is 1. The Morgan fingerprint density at radius 1 is 1.39 bits per heavy atom. The highest BCUT2D eigenvalue weighted by atomic mass is 79.9. The number of phenolic OH excluding ortho intramolecular Hbond substituents is 1. The van der Waals surface area contributed by atoms with Gasteiger partial charge in [-0.3, -0.25) is 5.10 Å². The largest absolute Gasteiger partial charge is 0.506 e. The molecule has 0 radical (unpaired) electrons. The van der Waals surface area contributed by atoms with Gasteiger partial charge in [0, 0.05) is 6.54 Å². The standard InChI is InChI=1S/C11H12Br2N4O/c1-6(11-15-5-16-17-11)14-4-7-2-8(12)10(18)9(13)3-7/h2-3,5-6,14,18H,4H2,1H3,(H,15,16,17). The zero-order valence-electron chi connectivity index (χ0n) is 9.61. The fourth-order valence-corrected chi connectivity index (χ4v) is 2.79. The Morgan fingerprint density at radius 3 is 2.61 bits per heavy atom. The topological polar surface area (TPSA) is 73.8 Å². The summed E-state index contributed by atoms with van der Waals surface area (Å²) >= 11 is 6.61. The highest BCUT2D eigenvalue weighted by molar-refractivity contribution is 9.11. The van der Waals surface area contributed by atoms with Gasteiger partial charge < -0.3 is 10.4 Å². The molecule has 0 spiro atoms. The van der Waals surface area contributed by atoms with Crippen molar-refractivity contribution in [1.29, 1.82) is 0 Å². The average Bonchev–Trinajstić information content (AvgIpc) is 2.86. The van der Waals surface area contributed by atoms with Crippen LogP contribution in [0.5, 0.6) is 5.75 Å². The Bertz CT molecular complexity index is 507. The summed E-state index contributed by atoms with van der Waals surface area (Å²) in [4.78, 5) is 4.09. The summed E-state index contributed by atoms with van der Waals surface area (Å²) in [7, 11) is 0. The smallest absolute Gasteiger partial charge is 0.143 e. The van der Waals surface area contributed by atoms with Gasteiger partial charge in [0.15, 0.2) is 0 Å². The van der Waals surface area contributed by atoms with Crippen LogP contribution in [0.1, 0.15) is 24.4 Å². The number of aromatic amines is 1. The molecule has 3 N–H and O–H groups in total. The van der Waals surface area contributed by atoms with Crippen LogP contribution < -0.4 is 5.32 Å². The van der Waals surface area contributed by atoms with Gasteiger partial charge in [-0.25, -0.2) is 4.98 Å². The van der Waals surface area contributed by atoms with Gasteiger partial charge in [0.1, 0.15) is 17.9 Å². The molecular weight excluding hydrogens is 364 g/mol. The van der Waals surface area contributed by atoms with Crippen molar-refractivity contribution in [2.75, 3.05) is 0 Å². The number of nitrogens with zero attached hydrogens (tertiary/aromatic N) is 2. The molecule has 1 unspecified atom stereocenters. The monoisotopic (exact) mass is 374 g/mol. The number of aromatic nitrogens is 3. The highest BCUT2D eigenvalue weighted by Gasteiger charge is 2.09. The Kier molecular flexibility index (Phi) is 4.36. The van der Waals surface area contributed by atoms with Gasteiger partial charge in [0.2, 0.25) is 0 Å². The first kappa shape index (κ1) is 13.5. The average molecular weight is 376 g/mol. The molecule has 0 bridgehead atoms. The van der Waals surface area contributed by atoms with E-state index in [2.05, 4.69) is 52.4 Å². The first-order valence-electron chi connectivity index (χ1n) is 5.33. The lowest BCUT2D eigenvalue weighted by Gasteiger charge is -2.12. The van der Waals surface area contributed by atoms with Crippen LogP contribution in [0.2, 0.25) is 0 Å². The second-order valence-electron chi connectivity index (χ2n) is 3.88. The third kappa shape index (κ3) is 3.09. The van der Waals surface area contributed by atoms with Crippen molar-refractivity contribution in [2.45, 2.75) is 19.5 Å². The SMILES string of the molecule is CC(NCc1cc(Br)c(O)c(Br)c1)c1ncn[nH]1. The van der Waals surface area contributed by atoms with E-state index in [9.17, 15) is 5.11 Å². The summed E-state index contributed by atoms with van der Waals surface area (Å²) in [5.41, 5.74) is 1.05. The van der Waals surface area contributed by atoms with Crippen LogP contribution in [0.3, 0.4) is 0 Å². The minimum Gasteiger partial charge on any atom is -0.506 e. The number of hydrogen-bond donors (Lipinski definition) is 3. The minimum absolute atomic E-state index is 0.0823. The van der Waals surface area contributed by atoms with Crippen LogP contribution in [0.25, 0.3) is 0 Å². The van der Waals surface area contributed by atoms with Gasteiger partial charge in [-0.05, 0) is 56.5 Å². The summed E-state index contributed by atoms with van der Waals surface area (Å²) in [6.07, 6.45) is 1.49. The first-order chi connectivity index (χ1) is 8.58. The number of phenols is 1. The molecule has 0 amide bonds. The normalized spacial score (nSPS) is 12.6. The predicted octanol–water partition coefficient (Wildman–Crippen LogP) is 2.89. The summed E-state index contributed by atoms with van der Waals surface area (Å²) in [5.74, 6) is 1.01. The lowest BCUT2D eigenvalue weighted by atomic mass is 10.2. The maximum absolute atomic E-state index is 9.62. The van der Waals surface area contributed by atoms with Crippen molar-refractivity contribution in [3.05, 3.63) is 38.8 Å². The third-order valence-corrected chi connectivity index (χ3v) is 3.74. The molecule has 0 fully saturated rings. The fraction of sp³-hybridized carbons (Fsp3) is 0.273. The molecule has 5 nitrogen and oxygen atoms in total. The molecule has 1 aromatic heterocycles. The van der Waals surface area contributed by atoms with Crippen molar-refractivity contribution in [3.8, 4) is 5.75 Å². The number of hydrogen-bond acceptors (Lipinski definition) is 4. The molecule has 0 aliphatic rings. The van der Waals surface area contributed by atoms with Crippen molar-refractivity contribution in [3.63, 3.8) is 0 Å². The van der Waals surface area contributed by atoms with Crippen LogP contribution in [0.15, 0.2) is 27.4 Å². The van der Waals surface area contributed by atoms with Crippen LogP contribution in [-0.2, 0) is 6.54 Å². The number of halogens is 2. The fourth-order valence-electron chi connectivity index (χ4n) is 1.51.